The van der Waals surface area contributed by atoms with Crippen LogP contribution >= 0.6 is 0 Å². The van der Waals surface area contributed by atoms with E-state index in [4.69, 9.17) is 9.47 Å². The Morgan fingerprint density at radius 3 is 2.26 bits per heavy atom. The highest BCUT2D eigenvalue weighted by Crippen LogP contribution is 2.36. The van der Waals surface area contributed by atoms with Crippen LogP contribution in [0.15, 0.2) is 79.4 Å². The van der Waals surface area contributed by atoms with Crippen LogP contribution in [-0.2, 0) is 30.9 Å². The predicted molar refractivity (Wildman–Crippen MR) is 144 cm³/mol. The number of hydrogen-bond acceptors (Lipinski definition) is 7. The topological polar surface area (TPSA) is 104 Å². The first-order valence-corrected chi connectivity index (χ1v) is 12.4. The molecule has 0 bridgehead atoms. The van der Waals surface area contributed by atoms with Crippen molar-refractivity contribution in [2.45, 2.75) is 45.1 Å². The summed E-state index contributed by atoms with van der Waals surface area (Å²) in [6.45, 7) is 9.33. The Hall–Kier alpha value is -4.46. The lowest BCUT2D eigenvalue weighted by Gasteiger charge is -2.23. The van der Waals surface area contributed by atoms with E-state index in [9.17, 15) is 14.7 Å². The molecule has 1 aromatic heterocycles. The Balaban J connectivity index is 1.51. The molecule has 1 N–H and O–H groups in total. The molecule has 8 nitrogen and oxygen atoms in total. The molecule has 4 aromatic rings. The normalized spacial score (nSPS) is 12.2. The summed E-state index contributed by atoms with van der Waals surface area (Å²) in [5, 5.41) is 20.1. The fourth-order valence-corrected chi connectivity index (χ4v) is 4.05. The number of rotatable bonds is 9. The summed E-state index contributed by atoms with van der Waals surface area (Å²) in [5.74, 6) is -0.935. The highest BCUT2D eigenvalue weighted by molar-refractivity contribution is 5.81. The number of ether oxygens (including phenoxy) is 2. The maximum atomic E-state index is 12.7. The van der Waals surface area contributed by atoms with Crippen LogP contribution in [0.4, 0.5) is 0 Å². The lowest BCUT2D eigenvalue weighted by molar-refractivity contribution is -0.156. The number of phenolic OH excluding ortho intramolecular Hbond substituents is 1. The fraction of sp³-hybridized carbons (Fsp3) is 0.267. The molecule has 8 heteroatoms. The zero-order chi connectivity index (χ0) is 27.3. The van der Waals surface area contributed by atoms with Gasteiger partial charge in [-0.2, -0.15) is 0 Å². The van der Waals surface area contributed by atoms with E-state index in [2.05, 4.69) is 16.8 Å². The molecule has 3 aromatic carbocycles. The summed E-state index contributed by atoms with van der Waals surface area (Å²) in [5.41, 5.74) is 3.77. The zero-order valence-corrected chi connectivity index (χ0v) is 21.8. The lowest BCUT2D eigenvalue weighted by Crippen LogP contribution is -2.18. The largest absolute Gasteiger partial charge is 0.505 e. The lowest BCUT2D eigenvalue weighted by atomic mass is 9.84. The number of aromatic nitrogens is 3. The van der Waals surface area contributed by atoms with E-state index in [1.807, 2.05) is 69.3 Å². The number of fused-ring (bicyclic) bond motifs is 1. The van der Waals surface area contributed by atoms with Crippen molar-refractivity contribution in [3.05, 3.63) is 96.1 Å². The first-order valence-electron chi connectivity index (χ1n) is 12.4. The van der Waals surface area contributed by atoms with Crippen molar-refractivity contribution in [2.24, 2.45) is 0 Å². The van der Waals surface area contributed by atoms with Crippen molar-refractivity contribution in [2.75, 3.05) is 6.61 Å². The van der Waals surface area contributed by atoms with Crippen molar-refractivity contribution in [3.63, 3.8) is 0 Å². The number of hydrogen-bond donors (Lipinski definition) is 1. The van der Waals surface area contributed by atoms with Crippen LogP contribution in [0.3, 0.4) is 0 Å². The van der Waals surface area contributed by atoms with E-state index in [1.54, 1.807) is 18.2 Å². The molecule has 1 atom stereocenters. The summed E-state index contributed by atoms with van der Waals surface area (Å²) in [6.07, 6.45) is 0.806. The van der Waals surface area contributed by atoms with E-state index in [0.717, 1.165) is 17.2 Å². The van der Waals surface area contributed by atoms with Crippen molar-refractivity contribution in [1.29, 1.82) is 0 Å². The molecular formula is C30H31N3O5. The Labute approximate surface area is 221 Å². The average molecular weight is 514 g/mol. The first kappa shape index (κ1) is 26.6. The molecule has 4 rings (SSSR count). The molecule has 38 heavy (non-hydrogen) atoms. The summed E-state index contributed by atoms with van der Waals surface area (Å²) >= 11 is 0. The molecule has 1 unspecified atom stereocenters. The highest BCUT2D eigenvalue weighted by Gasteiger charge is 2.24. The Morgan fingerprint density at radius 2 is 1.66 bits per heavy atom. The number of aromatic hydroxyl groups is 1. The third kappa shape index (κ3) is 6.26. The molecule has 0 amide bonds. The van der Waals surface area contributed by atoms with Crippen LogP contribution in [0, 0.1) is 0 Å². The minimum atomic E-state index is -0.738. The SMILES string of the molecule is C=CC(=O)OC(COC(=O)CCc1cc(-n2nc3ccccc3n2)c(O)c(C(C)(C)C)c1)c1ccccc1. The average Bonchev–Trinajstić information content (AvgIpc) is 3.34. The first-order chi connectivity index (χ1) is 18.2. The van der Waals surface area contributed by atoms with Gasteiger partial charge < -0.3 is 14.6 Å². The van der Waals surface area contributed by atoms with E-state index in [1.165, 1.54) is 4.80 Å². The predicted octanol–water partition coefficient (Wildman–Crippen LogP) is 5.37. The number of nitrogens with zero attached hydrogens (tertiary/aromatic N) is 3. The van der Waals surface area contributed by atoms with Gasteiger partial charge in [-0.1, -0.05) is 75.9 Å². The van der Waals surface area contributed by atoms with Crippen LogP contribution in [0.25, 0.3) is 16.7 Å². The highest BCUT2D eigenvalue weighted by atomic mass is 16.6. The molecular weight excluding hydrogens is 482 g/mol. The Morgan fingerprint density at radius 1 is 1.03 bits per heavy atom. The number of benzene rings is 3. The molecule has 0 fully saturated rings. The minimum Gasteiger partial charge on any atom is -0.505 e. The second kappa shape index (κ2) is 11.3. The van der Waals surface area contributed by atoms with Gasteiger partial charge in [0.05, 0.1) is 0 Å². The molecule has 0 saturated carbocycles. The zero-order valence-electron chi connectivity index (χ0n) is 21.8. The summed E-state index contributed by atoms with van der Waals surface area (Å²) in [4.78, 5) is 25.9. The number of aryl methyl sites for hydroxylation is 1. The van der Waals surface area contributed by atoms with Gasteiger partial charge in [0.2, 0.25) is 0 Å². The molecule has 0 aliphatic rings. The monoisotopic (exact) mass is 513 g/mol. The molecule has 0 radical (unpaired) electrons. The summed E-state index contributed by atoms with van der Waals surface area (Å²) in [7, 11) is 0. The van der Waals surface area contributed by atoms with Gasteiger partial charge in [0, 0.05) is 18.1 Å². The van der Waals surface area contributed by atoms with Crippen LogP contribution in [0.1, 0.15) is 50.0 Å². The van der Waals surface area contributed by atoms with Gasteiger partial charge in [0.25, 0.3) is 0 Å². The summed E-state index contributed by atoms with van der Waals surface area (Å²) < 4.78 is 10.8. The van der Waals surface area contributed by atoms with Crippen molar-refractivity contribution in [1.82, 2.24) is 15.0 Å². The maximum Gasteiger partial charge on any atom is 0.330 e. The van der Waals surface area contributed by atoms with E-state index >= 15 is 0 Å². The van der Waals surface area contributed by atoms with Gasteiger partial charge in [0.15, 0.2) is 6.10 Å². The van der Waals surface area contributed by atoms with E-state index in [-0.39, 0.29) is 24.2 Å². The molecule has 0 aliphatic carbocycles. The molecule has 0 saturated heterocycles. The van der Waals surface area contributed by atoms with Crippen molar-refractivity contribution >= 4 is 23.0 Å². The Bertz CT molecular complexity index is 1420. The fourth-order valence-electron chi connectivity index (χ4n) is 4.05. The minimum absolute atomic E-state index is 0.0962. The van der Waals surface area contributed by atoms with Gasteiger partial charge >= 0.3 is 11.9 Å². The second-order valence-corrected chi connectivity index (χ2v) is 9.96. The van der Waals surface area contributed by atoms with Crippen molar-refractivity contribution in [3.8, 4) is 11.4 Å². The molecule has 0 spiro atoms. The van der Waals surface area contributed by atoms with Crippen LogP contribution in [-0.4, -0.2) is 38.6 Å². The van der Waals surface area contributed by atoms with Gasteiger partial charge in [-0.15, -0.1) is 15.0 Å². The van der Waals surface area contributed by atoms with E-state index in [0.29, 0.717) is 28.7 Å². The second-order valence-electron chi connectivity index (χ2n) is 9.96. The van der Waals surface area contributed by atoms with Gasteiger partial charge in [-0.05, 0) is 41.2 Å². The Kier molecular flexibility index (Phi) is 7.90. The quantitative estimate of drug-likeness (QED) is 0.237. The maximum absolute atomic E-state index is 12.7. The molecule has 196 valence electrons. The summed E-state index contributed by atoms with van der Waals surface area (Å²) in [6, 6.07) is 20.2. The third-order valence-corrected chi connectivity index (χ3v) is 6.07. The number of phenols is 1. The van der Waals surface area contributed by atoms with Crippen LogP contribution in [0.5, 0.6) is 5.75 Å². The van der Waals surface area contributed by atoms with E-state index < -0.39 is 18.0 Å². The number of carbonyl (C=O) groups is 2. The third-order valence-electron chi connectivity index (χ3n) is 6.07. The molecule has 1 heterocycles. The van der Waals surface area contributed by atoms with Gasteiger partial charge in [0.1, 0.15) is 29.1 Å². The van der Waals surface area contributed by atoms with Gasteiger partial charge in [-0.25, -0.2) is 4.79 Å². The molecule has 0 aliphatic heterocycles. The van der Waals surface area contributed by atoms with Gasteiger partial charge in [-0.3, -0.25) is 4.79 Å². The number of esters is 2. The standard InChI is InChI=1S/C30H31N3O5/c1-5-27(34)38-26(21-11-7-6-8-12-21)19-37-28(35)16-15-20-17-22(30(2,3)4)29(36)25(18-20)33-31-23-13-9-10-14-24(23)32-33/h5-14,17-18,26,36H,1,15-16,19H2,2-4H3. The number of carbonyl (C=O) groups excluding carboxylic acids is 2. The van der Waals surface area contributed by atoms with Crippen LogP contribution < -0.4 is 0 Å². The van der Waals surface area contributed by atoms with Crippen LogP contribution in [0.2, 0.25) is 0 Å². The smallest absolute Gasteiger partial charge is 0.330 e. The van der Waals surface area contributed by atoms with Crippen molar-refractivity contribution < 1.29 is 24.2 Å².